The number of aromatic nitrogens is 1. The van der Waals surface area contributed by atoms with Crippen LogP contribution in [0.5, 0.6) is 0 Å². The van der Waals surface area contributed by atoms with Gasteiger partial charge in [0.2, 0.25) is 0 Å². The number of nitrogens with zero attached hydrogens (tertiary/aromatic N) is 1. The van der Waals surface area contributed by atoms with E-state index in [0.29, 0.717) is 16.8 Å². The molecule has 1 N–H and O–H groups in total. The minimum Gasteiger partial charge on any atom is -0.305 e. The maximum Gasteiger partial charge on any atom is 0.417 e. The first-order valence-electron chi connectivity index (χ1n) is 6.58. The summed E-state index contributed by atoms with van der Waals surface area (Å²) < 4.78 is 38.4. The summed E-state index contributed by atoms with van der Waals surface area (Å²) in [5.41, 5.74) is 1.18. The number of alkyl halides is 3. The van der Waals surface area contributed by atoms with Crippen LogP contribution < -0.4 is 11.0 Å². The van der Waals surface area contributed by atoms with Gasteiger partial charge >= 0.3 is 6.18 Å². The second-order valence-electron chi connectivity index (χ2n) is 4.68. The van der Waals surface area contributed by atoms with Crippen LogP contribution in [0.2, 0.25) is 0 Å². The molecule has 0 unspecified atom stereocenters. The van der Waals surface area contributed by atoms with Crippen molar-refractivity contribution >= 4 is 5.91 Å². The van der Waals surface area contributed by atoms with Crippen molar-refractivity contribution in [3.8, 4) is 0 Å². The Morgan fingerprint density at radius 2 is 1.83 bits per heavy atom. The smallest absolute Gasteiger partial charge is 0.305 e. The van der Waals surface area contributed by atoms with Crippen molar-refractivity contribution in [1.82, 2.24) is 10.0 Å². The number of amides is 1. The Hall–Kier alpha value is -2.61. The third-order valence-electron chi connectivity index (χ3n) is 2.89. The van der Waals surface area contributed by atoms with Crippen LogP contribution in [0, 0.1) is 0 Å². The van der Waals surface area contributed by atoms with Crippen LogP contribution in [0.1, 0.15) is 11.1 Å². The van der Waals surface area contributed by atoms with Gasteiger partial charge in [-0.25, -0.2) is 5.48 Å². The summed E-state index contributed by atoms with van der Waals surface area (Å²) in [6, 6.07) is 10.4. The van der Waals surface area contributed by atoms with Gasteiger partial charge in [-0.1, -0.05) is 30.3 Å². The SMILES string of the molecule is O=C(Cn1cc(C(F)(F)F)ccc1=O)NOCc1ccccc1. The van der Waals surface area contributed by atoms with Crippen LogP contribution in [0.4, 0.5) is 13.2 Å². The third-order valence-corrected chi connectivity index (χ3v) is 2.89. The van der Waals surface area contributed by atoms with Crippen molar-refractivity contribution in [3.05, 3.63) is 70.1 Å². The minimum atomic E-state index is -4.59. The largest absolute Gasteiger partial charge is 0.417 e. The molecule has 0 bridgehead atoms. The lowest BCUT2D eigenvalue weighted by atomic mass is 10.2. The molecule has 122 valence electrons. The van der Waals surface area contributed by atoms with Crippen molar-refractivity contribution < 1.29 is 22.8 Å². The maximum atomic E-state index is 12.6. The Balaban J connectivity index is 1.94. The van der Waals surface area contributed by atoms with Crippen LogP contribution >= 0.6 is 0 Å². The second-order valence-corrected chi connectivity index (χ2v) is 4.68. The summed E-state index contributed by atoms with van der Waals surface area (Å²) in [6.45, 7) is -0.471. The highest BCUT2D eigenvalue weighted by Crippen LogP contribution is 2.27. The average Bonchev–Trinajstić information content (AvgIpc) is 2.49. The molecule has 0 saturated heterocycles. The van der Waals surface area contributed by atoms with Gasteiger partial charge in [-0.3, -0.25) is 14.4 Å². The Morgan fingerprint density at radius 1 is 1.13 bits per heavy atom. The topological polar surface area (TPSA) is 60.3 Å². The van der Waals surface area contributed by atoms with E-state index in [9.17, 15) is 22.8 Å². The number of halogens is 3. The standard InChI is InChI=1S/C15H13F3N2O3/c16-15(17,18)12-6-7-14(22)20(8-12)9-13(21)19-23-10-11-4-2-1-3-5-11/h1-8H,9-10H2,(H,19,21). The summed E-state index contributed by atoms with van der Waals surface area (Å²) >= 11 is 0. The van der Waals surface area contributed by atoms with Crippen LogP contribution in [-0.2, 0) is 29.0 Å². The molecule has 0 saturated carbocycles. The number of rotatable bonds is 5. The van der Waals surface area contributed by atoms with Crippen molar-refractivity contribution in [3.63, 3.8) is 0 Å². The van der Waals surface area contributed by atoms with Gasteiger partial charge < -0.3 is 4.57 Å². The molecule has 1 amide bonds. The Labute approximate surface area is 129 Å². The number of hydrogen-bond donors (Lipinski definition) is 1. The molecule has 23 heavy (non-hydrogen) atoms. The van der Waals surface area contributed by atoms with Gasteiger partial charge in [-0.2, -0.15) is 13.2 Å². The van der Waals surface area contributed by atoms with Crippen molar-refractivity contribution in [2.45, 2.75) is 19.3 Å². The highest BCUT2D eigenvalue weighted by molar-refractivity contribution is 5.74. The first kappa shape index (κ1) is 16.8. The summed E-state index contributed by atoms with van der Waals surface area (Å²) in [7, 11) is 0. The summed E-state index contributed by atoms with van der Waals surface area (Å²) in [4.78, 5) is 28.1. The number of carbonyl (C=O) groups is 1. The van der Waals surface area contributed by atoms with Gasteiger partial charge in [0.1, 0.15) is 6.54 Å². The van der Waals surface area contributed by atoms with Crippen molar-refractivity contribution in [2.75, 3.05) is 0 Å². The molecule has 0 aliphatic rings. The Morgan fingerprint density at radius 3 is 2.48 bits per heavy atom. The number of nitrogens with one attached hydrogen (secondary N) is 1. The summed E-state index contributed by atoms with van der Waals surface area (Å²) in [5.74, 6) is -0.734. The van der Waals surface area contributed by atoms with Gasteiger partial charge in [-0.05, 0) is 11.6 Å². The normalized spacial score (nSPS) is 11.3. The van der Waals surface area contributed by atoms with Gasteiger partial charge in [-0.15, -0.1) is 0 Å². The molecule has 0 atom stereocenters. The van der Waals surface area contributed by atoms with Crippen molar-refractivity contribution in [1.29, 1.82) is 0 Å². The van der Waals surface area contributed by atoms with E-state index in [4.69, 9.17) is 4.84 Å². The predicted molar refractivity (Wildman–Crippen MR) is 75.1 cm³/mol. The minimum absolute atomic E-state index is 0.101. The number of hydroxylamine groups is 1. The average molecular weight is 326 g/mol. The number of benzene rings is 1. The quantitative estimate of drug-likeness (QED) is 0.856. The fourth-order valence-corrected chi connectivity index (χ4v) is 1.78. The maximum absolute atomic E-state index is 12.6. The second kappa shape index (κ2) is 7.10. The zero-order valence-electron chi connectivity index (χ0n) is 11.8. The molecule has 1 heterocycles. The van der Waals surface area contributed by atoms with Gasteiger partial charge in [0, 0.05) is 12.3 Å². The van der Waals surface area contributed by atoms with Crippen LogP contribution in [-0.4, -0.2) is 10.5 Å². The molecule has 5 nitrogen and oxygen atoms in total. The van der Waals surface area contributed by atoms with E-state index in [0.717, 1.165) is 11.6 Å². The lowest BCUT2D eigenvalue weighted by Crippen LogP contribution is -2.32. The number of hydrogen-bond acceptors (Lipinski definition) is 3. The molecule has 0 aliphatic heterocycles. The fraction of sp³-hybridized carbons (Fsp3) is 0.200. The zero-order valence-corrected chi connectivity index (χ0v) is 11.8. The number of pyridine rings is 1. The molecule has 2 rings (SSSR count). The predicted octanol–water partition coefficient (Wildman–Crippen LogP) is 2.12. The molecule has 1 aromatic heterocycles. The lowest BCUT2D eigenvalue weighted by Gasteiger charge is -2.11. The lowest BCUT2D eigenvalue weighted by molar-refractivity contribution is -0.139. The van der Waals surface area contributed by atoms with E-state index in [1.165, 1.54) is 0 Å². The van der Waals surface area contributed by atoms with E-state index < -0.39 is 29.8 Å². The molecular formula is C15H13F3N2O3. The zero-order chi connectivity index (χ0) is 16.9. The highest BCUT2D eigenvalue weighted by Gasteiger charge is 2.31. The van der Waals surface area contributed by atoms with E-state index >= 15 is 0 Å². The van der Waals surface area contributed by atoms with E-state index in [1.54, 1.807) is 24.3 Å². The van der Waals surface area contributed by atoms with Crippen LogP contribution in [0.25, 0.3) is 0 Å². The monoisotopic (exact) mass is 326 g/mol. The van der Waals surface area contributed by atoms with Crippen LogP contribution in [0.15, 0.2) is 53.5 Å². The molecule has 0 fully saturated rings. The molecule has 0 radical (unpaired) electrons. The van der Waals surface area contributed by atoms with E-state index in [2.05, 4.69) is 5.48 Å². The van der Waals surface area contributed by atoms with Crippen molar-refractivity contribution in [2.24, 2.45) is 0 Å². The molecule has 2 aromatic rings. The fourth-order valence-electron chi connectivity index (χ4n) is 1.78. The van der Waals surface area contributed by atoms with Crippen LogP contribution in [0.3, 0.4) is 0 Å². The van der Waals surface area contributed by atoms with Gasteiger partial charge in [0.25, 0.3) is 11.5 Å². The van der Waals surface area contributed by atoms with E-state index in [1.807, 2.05) is 6.07 Å². The van der Waals surface area contributed by atoms with Gasteiger partial charge in [0.15, 0.2) is 0 Å². The summed E-state index contributed by atoms with van der Waals surface area (Å²) in [6.07, 6.45) is -3.99. The Bertz CT molecular complexity index is 727. The first-order valence-corrected chi connectivity index (χ1v) is 6.58. The molecule has 1 aromatic carbocycles. The summed E-state index contributed by atoms with van der Waals surface area (Å²) in [5, 5.41) is 0. The van der Waals surface area contributed by atoms with Gasteiger partial charge in [0.05, 0.1) is 12.2 Å². The Kier molecular flexibility index (Phi) is 5.17. The number of carbonyl (C=O) groups excluding carboxylic acids is 1. The molecule has 0 aliphatic carbocycles. The first-order chi connectivity index (χ1) is 10.9. The third kappa shape index (κ3) is 4.96. The highest BCUT2D eigenvalue weighted by atomic mass is 19.4. The molecule has 8 heteroatoms. The molecular weight excluding hydrogens is 313 g/mol. The molecule has 0 spiro atoms. The van der Waals surface area contributed by atoms with E-state index in [-0.39, 0.29) is 6.61 Å².